The van der Waals surface area contributed by atoms with Gasteiger partial charge in [-0.15, -0.1) is 0 Å². The second-order valence-electron chi connectivity index (χ2n) is 9.16. The van der Waals surface area contributed by atoms with E-state index in [1.165, 1.54) is 0 Å². The highest BCUT2D eigenvalue weighted by Gasteiger charge is 2.50. The van der Waals surface area contributed by atoms with Gasteiger partial charge in [-0.25, -0.2) is 4.98 Å². The van der Waals surface area contributed by atoms with E-state index in [1.54, 1.807) is 6.20 Å². The smallest absolute Gasteiger partial charge is 0.230 e. The van der Waals surface area contributed by atoms with E-state index in [9.17, 15) is 9.90 Å². The van der Waals surface area contributed by atoms with Crippen molar-refractivity contribution in [3.8, 4) is 11.1 Å². The molecular formula is C24H30N4O2. The van der Waals surface area contributed by atoms with Gasteiger partial charge in [-0.3, -0.25) is 9.78 Å². The highest BCUT2D eigenvalue weighted by molar-refractivity contribution is 5.86. The van der Waals surface area contributed by atoms with Crippen molar-refractivity contribution in [3.63, 3.8) is 0 Å². The van der Waals surface area contributed by atoms with Crippen LogP contribution in [0.2, 0.25) is 0 Å². The summed E-state index contributed by atoms with van der Waals surface area (Å²) < 4.78 is 0. The lowest BCUT2D eigenvalue weighted by atomic mass is 9.78. The van der Waals surface area contributed by atoms with Gasteiger partial charge >= 0.3 is 0 Å². The van der Waals surface area contributed by atoms with Crippen molar-refractivity contribution in [2.75, 3.05) is 24.5 Å². The second-order valence-corrected chi connectivity index (χ2v) is 9.16. The molecule has 1 atom stereocenters. The number of aliphatic hydroxyl groups excluding tert-OH is 1. The van der Waals surface area contributed by atoms with Crippen LogP contribution in [0.4, 0.5) is 5.82 Å². The van der Waals surface area contributed by atoms with Crippen molar-refractivity contribution in [2.45, 2.75) is 57.1 Å². The minimum Gasteiger partial charge on any atom is -0.393 e. The molecule has 1 spiro atoms. The lowest BCUT2D eigenvalue weighted by Crippen LogP contribution is -2.50. The number of rotatable bonds is 3. The molecule has 5 rings (SSSR count). The van der Waals surface area contributed by atoms with Gasteiger partial charge in [0.2, 0.25) is 5.91 Å². The average molecular weight is 407 g/mol. The number of piperidine rings is 1. The Kier molecular flexibility index (Phi) is 5.19. The monoisotopic (exact) mass is 406 g/mol. The number of aromatic nitrogens is 2. The molecule has 6 heteroatoms. The molecule has 0 aromatic carbocycles. The van der Waals surface area contributed by atoms with Crippen molar-refractivity contribution in [3.05, 3.63) is 42.9 Å². The van der Waals surface area contributed by atoms with E-state index in [0.29, 0.717) is 11.9 Å². The summed E-state index contributed by atoms with van der Waals surface area (Å²) in [5, 5.41) is 9.81. The highest BCUT2D eigenvalue weighted by Crippen LogP contribution is 2.43. The summed E-state index contributed by atoms with van der Waals surface area (Å²) in [5.41, 5.74) is 1.85. The first kappa shape index (κ1) is 19.5. The SMILES string of the molecule is O=C1N([C@H]2CC[C@H](O)CC2)CCC12CCCN(c1ccc(-c3cccnc3)cn1)C2. The zero-order valence-electron chi connectivity index (χ0n) is 17.4. The van der Waals surface area contributed by atoms with Crippen LogP contribution in [0.5, 0.6) is 0 Å². The van der Waals surface area contributed by atoms with E-state index < -0.39 is 0 Å². The Bertz CT molecular complexity index is 880. The van der Waals surface area contributed by atoms with Crippen LogP contribution in [-0.2, 0) is 4.79 Å². The lowest BCUT2D eigenvalue weighted by Gasteiger charge is -2.41. The van der Waals surface area contributed by atoms with Gasteiger partial charge in [-0.1, -0.05) is 6.07 Å². The van der Waals surface area contributed by atoms with Crippen LogP contribution in [-0.4, -0.2) is 57.7 Å². The third-order valence-corrected chi connectivity index (χ3v) is 7.30. The van der Waals surface area contributed by atoms with Gasteiger partial charge in [0.1, 0.15) is 5.82 Å². The summed E-state index contributed by atoms with van der Waals surface area (Å²) in [5.74, 6) is 1.29. The number of anilines is 1. The topological polar surface area (TPSA) is 69.6 Å². The molecule has 0 radical (unpaired) electrons. The first-order valence-corrected chi connectivity index (χ1v) is 11.3. The Morgan fingerprint density at radius 3 is 2.57 bits per heavy atom. The number of aliphatic hydroxyl groups is 1. The van der Waals surface area contributed by atoms with Gasteiger partial charge in [0.15, 0.2) is 0 Å². The molecule has 2 aromatic rings. The molecule has 158 valence electrons. The predicted molar refractivity (Wildman–Crippen MR) is 116 cm³/mol. The number of hydrogen-bond donors (Lipinski definition) is 1. The molecule has 30 heavy (non-hydrogen) atoms. The standard InChI is InChI=1S/C24H30N4O2/c29-21-7-5-20(6-8-21)28-14-11-24(23(28)30)10-2-13-27(17-24)22-9-4-19(16-26-22)18-3-1-12-25-15-18/h1,3-4,9,12,15-16,20-21,29H,2,5-8,10-11,13-14,17H2/t20-,21-,24?. The molecule has 1 saturated carbocycles. The largest absolute Gasteiger partial charge is 0.393 e. The fourth-order valence-electron chi connectivity index (χ4n) is 5.55. The maximum atomic E-state index is 13.5. The maximum absolute atomic E-state index is 13.5. The Balaban J connectivity index is 1.29. The molecule has 3 fully saturated rings. The Labute approximate surface area is 177 Å². The average Bonchev–Trinajstić information content (AvgIpc) is 3.10. The van der Waals surface area contributed by atoms with Gasteiger partial charge < -0.3 is 14.9 Å². The quantitative estimate of drug-likeness (QED) is 0.847. The zero-order valence-corrected chi connectivity index (χ0v) is 17.4. The minimum atomic E-state index is -0.266. The Morgan fingerprint density at radius 1 is 1.00 bits per heavy atom. The molecule has 1 aliphatic carbocycles. The maximum Gasteiger partial charge on any atom is 0.230 e. The summed E-state index contributed by atoms with van der Waals surface area (Å²) in [6.07, 6.45) is 11.8. The first-order valence-electron chi connectivity index (χ1n) is 11.3. The van der Waals surface area contributed by atoms with Gasteiger partial charge in [0.05, 0.1) is 11.5 Å². The van der Waals surface area contributed by atoms with E-state index >= 15 is 0 Å². The lowest BCUT2D eigenvalue weighted by molar-refractivity contribution is -0.139. The summed E-state index contributed by atoms with van der Waals surface area (Å²) in [7, 11) is 0. The molecular weight excluding hydrogens is 376 g/mol. The molecule has 1 unspecified atom stereocenters. The van der Waals surface area contributed by atoms with Crippen molar-refractivity contribution in [1.29, 1.82) is 0 Å². The molecule has 0 bridgehead atoms. The van der Waals surface area contributed by atoms with Crippen molar-refractivity contribution in [2.24, 2.45) is 5.41 Å². The first-order chi connectivity index (χ1) is 14.6. The molecule has 1 N–H and O–H groups in total. The molecule has 3 aliphatic rings. The minimum absolute atomic E-state index is 0.182. The third kappa shape index (κ3) is 3.58. The van der Waals surface area contributed by atoms with Gasteiger partial charge in [0, 0.05) is 55.4 Å². The predicted octanol–water partition coefficient (Wildman–Crippen LogP) is 3.27. The van der Waals surface area contributed by atoms with E-state index in [0.717, 1.165) is 81.5 Å². The van der Waals surface area contributed by atoms with Crippen molar-refractivity contribution in [1.82, 2.24) is 14.9 Å². The third-order valence-electron chi connectivity index (χ3n) is 7.30. The summed E-state index contributed by atoms with van der Waals surface area (Å²) >= 11 is 0. The number of hydrogen-bond acceptors (Lipinski definition) is 5. The molecule has 2 saturated heterocycles. The molecule has 4 heterocycles. The van der Waals surface area contributed by atoms with Crippen molar-refractivity contribution >= 4 is 11.7 Å². The van der Waals surface area contributed by atoms with E-state index in [2.05, 4.69) is 26.9 Å². The van der Waals surface area contributed by atoms with Crippen LogP contribution < -0.4 is 4.90 Å². The fraction of sp³-hybridized carbons (Fsp3) is 0.542. The van der Waals surface area contributed by atoms with Gasteiger partial charge in [0.25, 0.3) is 0 Å². The van der Waals surface area contributed by atoms with Crippen LogP contribution in [0.1, 0.15) is 44.9 Å². The molecule has 2 aromatic heterocycles. The summed E-state index contributed by atoms with van der Waals surface area (Å²) in [6, 6.07) is 8.45. The van der Waals surface area contributed by atoms with E-state index in [4.69, 9.17) is 4.98 Å². The Morgan fingerprint density at radius 2 is 1.83 bits per heavy atom. The van der Waals surface area contributed by atoms with Crippen molar-refractivity contribution < 1.29 is 9.90 Å². The van der Waals surface area contributed by atoms with E-state index in [-0.39, 0.29) is 11.5 Å². The highest BCUT2D eigenvalue weighted by atomic mass is 16.3. The fourth-order valence-corrected chi connectivity index (χ4v) is 5.55. The number of carbonyl (C=O) groups is 1. The van der Waals surface area contributed by atoms with Crippen LogP contribution in [0.25, 0.3) is 11.1 Å². The van der Waals surface area contributed by atoms with Crippen LogP contribution in [0.15, 0.2) is 42.9 Å². The Hall–Kier alpha value is -2.47. The van der Waals surface area contributed by atoms with Crippen LogP contribution >= 0.6 is 0 Å². The van der Waals surface area contributed by atoms with Crippen LogP contribution in [0.3, 0.4) is 0 Å². The molecule has 2 aliphatic heterocycles. The van der Waals surface area contributed by atoms with Crippen LogP contribution in [0, 0.1) is 5.41 Å². The van der Waals surface area contributed by atoms with E-state index in [1.807, 2.05) is 24.5 Å². The number of nitrogens with zero attached hydrogens (tertiary/aromatic N) is 4. The molecule has 1 amide bonds. The summed E-state index contributed by atoms with van der Waals surface area (Å²) in [6.45, 7) is 2.57. The number of carbonyl (C=O) groups excluding carboxylic acids is 1. The summed E-state index contributed by atoms with van der Waals surface area (Å²) in [4.78, 5) is 26.8. The zero-order chi connectivity index (χ0) is 20.6. The van der Waals surface area contributed by atoms with Gasteiger partial charge in [-0.05, 0) is 63.1 Å². The molecule has 6 nitrogen and oxygen atoms in total. The van der Waals surface area contributed by atoms with Gasteiger partial charge in [-0.2, -0.15) is 0 Å². The number of pyridine rings is 2. The number of amides is 1. The second kappa shape index (κ2) is 7.99. The normalized spacial score (nSPS) is 29.6. The number of likely N-dealkylation sites (tertiary alicyclic amines) is 1.